The Labute approximate surface area is 202 Å². The van der Waals surface area contributed by atoms with Crippen LogP contribution in [0, 0.1) is 13.8 Å². The van der Waals surface area contributed by atoms with E-state index in [-0.39, 0.29) is 5.91 Å². The van der Waals surface area contributed by atoms with E-state index in [0.29, 0.717) is 0 Å². The van der Waals surface area contributed by atoms with Crippen molar-refractivity contribution in [3.8, 4) is 0 Å². The molecule has 1 amide bonds. The Balaban J connectivity index is 1.45. The summed E-state index contributed by atoms with van der Waals surface area (Å²) in [7, 11) is 0. The van der Waals surface area contributed by atoms with Crippen LogP contribution in [0.4, 0.5) is 10.8 Å². The smallest absolute Gasteiger partial charge is 0.242 e. The van der Waals surface area contributed by atoms with E-state index in [2.05, 4.69) is 33.0 Å². The topological polar surface area (TPSA) is 66.9 Å². The van der Waals surface area contributed by atoms with Crippen LogP contribution in [-0.4, -0.2) is 22.6 Å². The SMILES string of the molecule is Cc1ccc(C)c(NC(=O)C(Sc2nnc(NCCc3ccccc3)s2)c2ccccc2)c1. The summed E-state index contributed by atoms with van der Waals surface area (Å²) in [5.74, 6) is -0.0753. The first-order valence-electron chi connectivity index (χ1n) is 10.8. The summed E-state index contributed by atoms with van der Waals surface area (Å²) in [6.07, 6.45) is 0.911. The summed E-state index contributed by atoms with van der Waals surface area (Å²) in [5.41, 5.74) is 5.18. The van der Waals surface area contributed by atoms with Gasteiger partial charge in [0.15, 0.2) is 4.34 Å². The summed E-state index contributed by atoms with van der Waals surface area (Å²) in [4.78, 5) is 13.3. The van der Waals surface area contributed by atoms with Gasteiger partial charge in [-0.2, -0.15) is 0 Å². The van der Waals surface area contributed by atoms with Crippen molar-refractivity contribution in [1.82, 2.24) is 10.2 Å². The molecule has 1 atom stereocenters. The first kappa shape index (κ1) is 23.0. The Morgan fingerprint density at radius 1 is 0.970 bits per heavy atom. The Kier molecular flexibility index (Phi) is 7.75. The number of nitrogens with one attached hydrogen (secondary N) is 2. The van der Waals surface area contributed by atoms with Crippen molar-refractivity contribution in [1.29, 1.82) is 0 Å². The molecule has 0 spiro atoms. The third-order valence-corrected chi connectivity index (χ3v) is 7.37. The zero-order valence-electron chi connectivity index (χ0n) is 18.6. The maximum absolute atomic E-state index is 13.3. The van der Waals surface area contributed by atoms with Gasteiger partial charge in [0.25, 0.3) is 0 Å². The minimum atomic E-state index is -0.434. The van der Waals surface area contributed by atoms with Crippen LogP contribution in [0.1, 0.15) is 27.5 Å². The molecule has 168 valence electrons. The van der Waals surface area contributed by atoms with E-state index in [1.807, 2.05) is 80.6 Å². The fourth-order valence-corrected chi connectivity index (χ4v) is 5.33. The number of benzene rings is 3. The number of carbonyl (C=O) groups is 1. The lowest BCUT2D eigenvalue weighted by molar-refractivity contribution is -0.115. The molecule has 0 saturated carbocycles. The van der Waals surface area contributed by atoms with E-state index in [1.165, 1.54) is 28.7 Å². The van der Waals surface area contributed by atoms with E-state index in [0.717, 1.165) is 44.8 Å². The molecule has 33 heavy (non-hydrogen) atoms. The van der Waals surface area contributed by atoms with Crippen molar-refractivity contribution in [2.24, 2.45) is 0 Å². The van der Waals surface area contributed by atoms with Crippen molar-refractivity contribution in [2.45, 2.75) is 29.9 Å². The van der Waals surface area contributed by atoms with E-state index in [4.69, 9.17) is 0 Å². The second-order valence-electron chi connectivity index (χ2n) is 7.75. The molecule has 1 unspecified atom stereocenters. The number of hydrogen-bond acceptors (Lipinski definition) is 6. The molecule has 7 heteroatoms. The second kappa shape index (κ2) is 11.1. The number of hydrogen-bond donors (Lipinski definition) is 2. The molecular weight excluding hydrogens is 448 g/mol. The van der Waals surface area contributed by atoms with Gasteiger partial charge in [-0.05, 0) is 48.6 Å². The molecular formula is C26H26N4OS2. The number of aryl methyl sites for hydroxylation is 2. The van der Waals surface area contributed by atoms with Gasteiger partial charge in [-0.25, -0.2) is 0 Å². The number of anilines is 2. The molecule has 0 saturated heterocycles. The van der Waals surface area contributed by atoms with Gasteiger partial charge in [0.2, 0.25) is 11.0 Å². The Bertz CT molecular complexity index is 1200. The number of aromatic nitrogens is 2. The highest BCUT2D eigenvalue weighted by Gasteiger charge is 2.24. The van der Waals surface area contributed by atoms with Crippen LogP contribution in [0.2, 0.25) is 0 Å². The predicted molar refractivity (Wildman–Crippen MR) is 138 cm³/mol. The lowest BCUT2D eigenvalue weighted by Gasteiger charge is -2.17. The molecule has 4 aromatic rings. The highest BCUT2D eigenvalue weighted by molar-refractivity contribution is 8.02. The van der Waals surface area contributed by atoms with Crippen LogP contribution in [0.5, 0.6) is 0 Å². The van der Waals surface area contributed by atoms with E-state index < -0.39 is 5.25 Å². The first-order chi connectivity index (χ1) is 16.1. The first-order valence-corrected chi connectivity index (χ1v) is 12.5. The minimum Gasteiger partial charge on any atom is -0.360 e. The molecule has 1 heterocycles. The average Bonchev–Trinajstić information content (AvgIpc) is 3.28. The molecule has 0 aliphatic rings. The number of carbonyl (C=O) groups excluding carboxylic acids is 1. The van der Waals surface area contributed by atoms with Gasteiger partial charge in [-0.3, -0.25) is 4.79 Å². The second-order valence-corrected chi connectivity index (χ2v) is 10.1. The minimum absolute atomic E-state index is 0.0753. The van der Waals surface area contributed by atoms with Gasteiger partial charge in [0.1, 0.15) is 5.25 Å². The van der Waals surface area contributed by atoms with Gasteiger partial charge >= 0.3 is 0 Å². The third kappa shape index (κ3) is 6.43. The maximum Gasteiger partial charge on any atom is 0.242 e. The lowest BCUT2D eigenvalue weighted by atomic mass is 10.1. The molecule has 2 N–H and O–H groups in total. The zero-order valence-corrected chi connectivity index (χ0v) is 20.2. The number of nitrogens with zero attached hydrogens (tertiary/aromatic N) is 2. The molecule has 0 aliphatic heterocycles. The van der Waals surface area contributed by atoms with Gasteiger partial charge in [-0.15, -0.1) is 10.2 Å². The number of amides is 1. The molecule has 0 aliphatic carbocycles. The fourth-order valence-electron chi connectivity index (χ4n) is 3.36. The molecule has 0 radical (unpaired) electrons. The Morgan fingerprint density at radius 3 is 2.45 bits per heavy atom. The van der Waals surface area contributed by atoms with Crippen molar-refractivity contribution in [3.63, 3.8) is 0 Å². The van der Waals surface area contributed by atoms with Crippen LogP contribution >= 0.6 is 23.1 Å². The summed E-state index contributed by atoms with van der Waals surface area (Å²) in [6, 6.07) is 26.2. The van der Waals surface area contributed by atoms with Crippen molar-refractivity contribution in [2.75, 3.05) is 17.2 Å². The Morgan fingerprint density at radius 2 is 1.70 bits per heavy atom. The summed E-state index contributed by atoms with van der Waals surface area (Å²) in [5, 5.41) is 15.4. The molecule has 3 aromatic carbocycles. The highest BCUT2D eigenvalue weighted by atomic mass is 32.2. The lowest BCUT2D eigenvalue weighted by Crippen LogP contribution is -2.19. The molecule has 5 nitrogen and oxygen atoms in total. The van der Waals surface area contributed by atoms with Gasteiger partial charge < -0.3 is 10.6 Å². The quantitative estimate of drug-likeness (QED) is 0.279. The summed E-state index contributed by atoms with van der Waals surface area (Å²) >= 11 is 2.89. The Hall–Kier alpha value is -3.16. The standard InChI is InChI=1S/C26H26N4OS2/c1-18-13-14-19(2)22(17-18)28-24(31)23(21-11-7-4-8-12-21)32-26-30-29-25(33-26)27-16-15-20-9-5-3-6-10-20/h3-14,17,23H,15-16H2,1-2H3,(H,27,29)(H,28,31). The van der Waals surface area contributed by atoms with Crippen molar-refractivity contribution < 1.29 is 4.79 Å². The van der Waals surface area contributed by atoms with Crippen LogP contribution < -0.4 is 10.6 Å². The molecule has 1 aromatic heterocycles. The van der Waals surface area contributed by atoms with Crippen LogP contribution in [0.15, 0.2) is 83.2 Å². The molecule has 0 fully saturated rings. The van der Waals surface area contributed by atoms with E-state index in [9.17, 15) is 4.79 Å². The third-order valence-electron chi connectivity index (χ3n) is 5.15. The summed E-state index contributed by atoms with van der Waals surface area (Å²) in [6.45, 7) is 4.79. The van der Waals surface area contributed by atoms with Crippen molar-refractivity contribution >= 4 is 39.8 Å². The number of rotatable bonds is 9. The maximum atomic E-state index is 13.3. The monoisotopic (exact) mass is 474 g/mol. The van der Waals surface area contributed by atoms with E-state index in [1.54, 1.807) is 0 Å². The average molecular weight is 475 g/mol. The highest BCUT2D eigenvalue weighted by Crippen LogP contribution is 2.38. The van der Waals surface area contributed by atoms with Crippen LogP contribution in [-0.2, 0) is 11.2 Å². The normalized spacial score (nSPS) is 11.7. The van der Waals surface area contributed by atoms with Crippen LogP contribution in [0.25, 0.3) is 0 Å². The largest absolute Gasteiger partial charge is 0.360 e. The van der Waals surface area contributed by atoms with Gasteiger partial charge in [-0.1, -0.05) is 95.9 Å². The van der Waals surface area contributed by atoms with Gasteiger partial charge in [0.05, 0.1) is 0 Å². The molecule has 4 rings (SSSR count). The van der Waals surface area contributed by atoms with E-state index >= 15 is 0 Å². The van der Waals surface area contributed by atoms with Crippen molar-refractivity contribution in [3.05, 3.63) is 101 Å². The fraction of sp³-hybridized carbons (Fsp3) is 0.192. The molecule has 0 bridgehead atoms. The zero-order chi connectivity index (χ0) is 23.0. The number of thioether (sulfide) groups is 1. The van der Waals surface area contributed by atoms with Gasteiger partial charge in [0, 0.05) is 12.2 Å². The summed E-state index contributed by atoms with van der Waals surface area (Å²) < 4.78 is 0.752. The van der Waals surface area contributed by atoms with Crippen LogP contribution in [0.3, 0.4) is 0 Å². The predicted octanol–water partition coefficient (Wildman–Crippen LogP) is 6.28.